The zero-order valence-corrected chi connectivity index (χ0v) is 15.6. The maximum atomic E-state index is 12.8. The molecule has 2 saturated heterocycles. The summed E-state index contributed by atoms with van der Waals surface area (Å²) in [6, 6.07) is 5.91. The Hall–Kier alpha value is -2.70. The van der Waals surface area contributed by atoms with E-state index in [1.165, 1.54) is 25.7 Å². The Morgan fingerprint density at radius 1 is 0.778 bits per heavy atom. The molecule has 7 nitrogen and oxygen atoms in total. The summed E-state index contributed by atoms with van der Waals surface area (Å²) in [6.07, 6.45) is 10.1. The van der Waals surface area contributed by atoms with Crippen LogP contribution in [0, 0.1) is 0 Å². The summed E-state index contributed by atoms with van der Waals surface area (Å²) in [5.74, 6) is 1.72. The topological polar surface area (TPSA) is 65.5 Å². The van der Waals surface area contributed by atoms with Crippen molar-refractivity contribution >= 4 is 17.7 Å². The molecule has 0 spiro atoms. The van der Waals surface area contributed by atoms with E-state index in [-0.39, 0.29) is 5.91 Å². The highest BCUT2D eigenvalue weighted by Crippen LogP contribution is 2.17. The van der Waals surface area contributed by atoms with Crippen LogP contribution in [0.25, 0.3) is 0 Å². The van der Waals surface area contributed by atoms with E-state index in [9.17, 15) is 4.79 Å². The number of anilines is 2. The van der Waals surface area contributed by atoms with Crippen LogP contribution in [0.2, 0.25) is 0 Å². The molecule has 0 saturated carbocycles. The molecule has 4 rings (SSSR count). The van der Waals surface area contributed by atoms with Gasteiger partial charge in [-0.1, -0.05) is 18.9 Å². The molecule has 0 radical (unpaired) electrons. The summed E-state index contributed by atoms with van der Waals surface area (Å²) in [4.78, 5) is 32.4. The van der Waals surface area contributed by atoms with Crippen LogP contribution in [0.3, 0.4) is 0 Å². The first-order valence-electron chi connectivity index (χ1n) is 9.83. The molecule has 142 valence electrons. The monoisotopic (exact) mass is 366 g/mol. The van der Waals surface area contributed by atoms with Crippen molar-refractivity contribution in [2.45, 2.75) is 25.7 Å². The van der Waals surface area contributed by atoms with Crippen LogP contribution in [0.1, 0.15) is 36.0 Å². The highest BCUT2D eigenvalue weighted by Gasteiger charge is 2.23. The molecule has 2 aliphatic rings. The van der Waals surface area contributed by atoms with Crippen molar-refractivity contribution in [3.05, 3.63) is 42.4 Å². The molecule has 1 amide bonds. The Balaban J connectivity index is 1.36. The molecule has 0 bridgehead atoms. The van der Waals surface area contributed by atoms with Gasteiger partial charge in [0, 0.05) is 57.9 Å². The molecular formula is C20H26N6O. The van der Waals surface area contributed by atoms with Gasteiger partial charge in [-0.15, -0.1) is 0 Å². The Morgan fingerprint density at radius 3 is 2.11 bits per heavy atom. The molecule has 0 N–H and O–H groups in total. The number of nitrogens with zero attached hydrogens (tertiary/aromatic N) is 6. The first kappa shape index (κ1) is 17.7. The highest BCUT2D eigenvalue weighted by molar-refractivity contribution is 5.93. The molecule has 0 atom stereocenters. The standard InChI is InChI=1S/C20H26N6O/c27-19(25-13-11-24(12-14-25)18-7-3-4-8-21-18)17-15-22-20(23-16-17)26-9-5-1-2-6-10-26/h3-4,7-8,15-16H,1-2,5-6,9-14H2. The number of hydrogen-bond acceptors (Lipinski definition) is 6. The van der Waals surface area contributed by atoms with Crippen molar-refractivity contribution in [1.29, 1.82) is 0 Å². The molecule has 2 aromatic rings. The molecule has 27 heavy (non-hydrogen) atoms. The van der Waals surface area contributed by atoms with Gasteiger partial charge in [0.15, 0.2) is 0 Å². The van der Waals surface area contributed by atoms with Crippen molar-refractivity contribution in [2.75, 3.05) is 49.1 Å². The average Bonchev–Trinajstić information content (AvgIpc) is 3.04. The first-order valence-corrected chi connectivity index (χ1v) is 9.83. The molecule has 2 fully saturated rings. The molecular weight excluding hydrogens is 340 g/mol. The van der Waals surface area contributed by atoms with Gasteiger partial charge in [-0.05, 0) is 25.0 Å². The average molecular weight is 366 g/mol. The van der Waals surface area contributed by atoms with Gasteiger partial charge >= 0.3 is 0 Å². The lowest BCUT2D eigenvalue weighted by molar-refractivity contribution is 0.0745. The zero-order valence-electron chi connectivity index (χ0n) is 15.6. The fourth-order valence-electron chi connectivity index (χ4n) is 3.73. The number of carbonyl (C=O) groups is 1. The second kappa shape index (κ2) is 8.33. The third-order valence-corrected chi connectivity index (χ3v) is 5.31. The van der Waals surface area contributed by atoms with E-state index in [1.807, 2.05) is 23.1 Å². The lowest BCUT2D eigenvalue weighted by Crippen LogP contribution is -2.49. The fourth-order valence-corrected chi connectivity index (χ4v) is 3.73. The molecule has 0 aromatic carbocycles. The molecule has 2 aliphatic heterocycles. The lowest BCUT2D eigenvalue weighted by atomic mass is 10.2. The summed E-state index contributed by atoms with van der Waals surface area (Å²) in [7, 11) is 0. The van der Waals surface area contributed by atoms with Gasteiger partial charge in [0.1, 0.15) is 5.82 Å². The van der Waals surface area contributed by atoms with Crippen LogP contribution in [-0.4, -0.2) is 65.0 Å². The molecule has 4 heterocycles. The quantitative estimate of drug-likeness (QED) is 0.830. The van der Waals surface area contributed by atoms with Gasteiger partial charge in [-0.25, -0.2) is 15.0 Å². The summed E-state index contributed by atoms with van der Waals surface area (Å²) in [5.41, 5.74) is 0.569. The minimum Gasteiger partial charge on any atom is -0.353 e. The van der Waals surface area contributed by atoms with Crippen molar-refractivity contribution in [3.63, 3.8) is 0 Å². The van der Waals surface area contributed by atoms with Crippen LogP contribution >= 0.6 is 0 Å². The number of aromatic nitrogens is 3. The van der Waals surface area contributed by atoms with Crippen molar-refractivity contribution in [3.8, 4) is 0 Å². The van der Waals surface area contributed by atoms with Gasteiger partial charge in [0.25, 0.3) is 5.91 Å². The fraction of sp³-hybridized carbons (Fsp3) is 0.500. The summed E-state index contributed by atoms with van der Waals surface area (Å²) >= 11 is 0. The Bertz CT molecular complexity index is 735. The van der Waals surface area contributed by atoms with Gasteiger partial charge in [0.05, 0.1) is 5.56 Å². The van der Waals surface area contributed by atoms with Crippen LogP contribution in [0.15, 0.2) is 36.8 Å². The molecule has 0 unspecified atom stereocenters. The number of carbonyl (C=O) groups excluding carboxylic acids is 1. The number of hydrogen-bond donors (Lipinski definition) is 0. The first-order chi connectivity index (χ1) is 13.3. The third-order valence-electron chi connectivity index (χ3n) is 5.31. The smallest absolute Gasteiger partial charge is 0.257 e. The third kappa shape index (κ3) is 4.18. The van der Waals surface area contributed by atoms with Crippen LogP contribution in [0.4, 0.5) is 11.8 Å². The number of rotatable bonds is 3. The van der Waals surface area contributed by atoms with E-state index in [1.54, 1.807) is 18.6 Å². The van der Waals surface area contributed by atoms with Gasteiger partial charge < -0.3 is 14.7 Å². The lowest BCUT2D eigenvalue weighted by Gasteiger charge is -2.35. The number of pyridine rings is 1. The molecule has 7 heteroatoms. The van der Waals surface area contributed by atoms with E-state index in [0.717, 1.165) is 37.9 Å². The predicted molar refractivity (Wildman–Crippen MR) is 105 cm³/mol. The van der Waals surface area contributed by atoms with E-state index in [4.69, 9.17) is 0 Å². The maximum Gasteiger partial charge on any atom is 0.257 e. The highest BCUT2D eigenvalue weighted by atomic mass is 16.2. The van der Waals surface area contributed by atoms with Crippen molar-refractivity contribution in [2.24, 2.45) is 0 Å². The van der Waals surface area contributed by atoms with E-state index in [2.05, 4.69) is 24.8 Å². The number of piperazine rings is 1. The van der Waals surface area contributed by atoms with Crippen LogP contribution < -0.4 is 9.80 Å². The molecule has 2 aromatic heterocycles. The minimum atomic E-state index is 0.0121. The van der Waals surface area contributed by atoms with Crippen molar-refractivity contribution in [1.82, 2.24) is 19.9 Å². The Morgan fingerprint density at radius 2 is 1.48 bits per heavy atom. The van der Waals surface area contributed by atoms with Gasteiger partial charge in [0.2, 0.25) is 5.95 Å². The second-order valence-corrected chi connectivity index (χ2v) is 7.14. The SMILES string of the molecule is O=C(c1cnc(N2CCCCCC2)nc1)N1CCN(c2ccccn2)CC1. The summed E-state index contributed by atoms with van der Waals surface area (Å²) in [6.45, 7) is 4.95. The Kier molecular flexibility index (Phi) is 5.46. The van der Waals surface area contributed by atoms with Crippen molar-refractivity contribution < 1.29 is 4.79 Å². The predicted octanol–water partition coefficient (Wildman–Crippen LogP) is 2.21. The van der Waals surface area contributed by atoms with Crippen LogP contribution in [-0.2, 0) is 0 Å². The maximum absolute atomic E-state index is 12.8. The normalized spacial score (nSPS) is 18.3. The largest absolute Gasteiger partial charge is 0.353 e. The minimum absolute atomic E-state index is 0.0121. The number of amides is 1. The van der Waals surface area contributed by atoms with Crippen LogP contribution in [0.5, 0.6) is 0 Å². The van der Waals surface area contributed by atoms with E-state index < -0.39 is 0 Å². The van der Waals surface area contributed by atoms with E-state index >= 15 is 0 Å². The summed E-state index contributed by atoms with van der Waals surface area (Å²) < 4.78 is 0. The summed E-state index contributed by atoms with van der Waals surface area (Å²) in [5, 5.41) is 0. The molecule has 0 aliphatic carbocycles. The van der Waals surface area contributed by atoms with Gasteiger partial charge in [-0.3, -0.25) is 4.79 Å². The second-order valence-electron chi connectivity index (χ2n) is 7.14. The van der Waals surface area contributed by atoms with E-state index in [0.29, 0.717) is 18.7 Å². The Labute approximate surface area is 160 Å². The van der Waals surface area contributed by atoms with Gasteiger partial charge in [-0.2, -0.15) is 0 Å². The zero-order chi connectivity index (χ0) is 18.5.